The van der Waals surface area contributed by atoms with Crippen LogP contribution in [0.25, 0.3) is 0 Å². The van der Waals surface area contributed by atoms with Crippen molar-refractivity contribution in [3.05, 3.63) is 28.2 Å². The van der Waals surface area contributed by atoms with Crippen LogP contribution in [-0.2, 0) is 14.6 Å². The van der Waals surface area contributed by atoms with Crippen molar-refractivity contribution in [2.24, 2.45) is 5.92 Å². The highest BCUT2D eigenvalue weighted by molar-refractivity contribution is 9.10. The molecule has 2 rings (SSSR count). The molecule has 0 unspecified atom stereocenters. The van der Waals surface area contributed by atoms with Crippen LogP contribution in [0.3, 0.4) is 0 Å². The summed E-state index contributed by atoms with van der Waals surface area (Å²) in [5, 5.41) is 0. The standard InChI is InChI=1S/C17H24BrNO4S/c1-12(2)9-19(14-6-7-24(21,22)11-14)17(20)10-23-16-5-4-13(3)8-15(16)18/h4-5,8,12,14H,6-7,9-11H2,1-3H3/t14-/m0/s1. The second-order valence-corrected chi connectivity index (χ2v) is 9.80. The second kappa shape index (κ2) is 7.87. The van der Waals surface area contributed by atoms with Gasteiger partial charge in [0, 0.05) is 12.6 Å². The van der Waals surface area contributed by atoms with Crippen LogP contribution in [-0.4, -0.2) is 49.9 Å². The molecule has 0 aliphatic carbocycles. The minimum absolute atomic E-state index is 0.0552. The van der Waals surface area contributed by atoms with Crippen molar-refractivity contribution in [2.45, 2.75) is 33.2 Å². The van der Waals surface area contributed by atoms with Crippen LogP contribution in [0.4, 0.5) is 0 Å². The summed E-state index contributed by atoms with van der Waals surface area (Å²) in [5.41, 5.74) is 1.10. The molecule has 24 heavy (non-hydrogen) atoms. The van der Waals surface area contributed by atoms with E-state index in [-0.39, 0.29) is 36.0 Å². The van der Waals surface area contributed by atoms with Gasteiger partial charge in [-0.15, -0.1) is 0 Å². The first-order valence-corrected chi connectivity index (χ1v) is 10.7. The second-order valence-electron chi connectivity index (χ2n) is 6.72. The smallest absolute Gasteiger partial charge is 0.260 e. The van der Waals surface area contributed by atoms with Crippen LogP contribution >= 0.6 is 15.9 Å². The highest BCUT2D eigenvalue weighted by Crippen LogP contribution is 2.26. The molecule has 1 saturated heterocycles. The fourth-order valence-corrected chi connectivity index (χ4v) is 5.15. The molecule has 1 aromatic carbocycles. The number of rotatable bonds is 6. The third kappa shape index (κ3) is 5.21. The van der Waals surface area contributed by atoms with Gasteiger partial charge in [0.15, 0.2) is 16.4 Å². The Kier molecular flexibility index (Phi) is 6.31. The Morgan fingerprint density at radius 3 is 2.67 bits per heavy atom. The summed E-state index contributed by atoms with van der Waals surface area (Å²) in [7, 11) is -3.03. The zero-order chi connectivity index (χ0) is 17.9. The van der Waals surface area contributed by atoms with Gasteiger partial charge in [-0.05, 0) is 52.9 Å². The molecular formula is C17H24BrNO4S. The van der Waals surface area contributed by atoms with Crippen molar-refractivity contribution in [2.75, 3.05) is 24.7 Å². The van der Waals surface area contributed by atoms with Crippen molar-refractivity contribution < 1.29 is 17.9 Å². The van der Waals surface area contributed by atoms with E-state index in [1.807, 2.05) is 39.0 Å². The third-order valence-corrected chi connectivity index (χ3v) is 6.34. The summed E-state index contributed by atoms with van der Waals surface area (Å²) >= 11 is 3.43. The first-order valence-electron chi connectivity index (χ1n) is 8.07. The summed E-state index contributed by atoms with van der Waals surface area (Å²) in [6.45, 7) is 6.45. The number of aryl methyl sites for hydroxylation is 1. The SMILES string of the molecule is Cc1ccc(OCC(=O)N(CC(C)C)[C@H]2CCS(=O)(=O)C2)c(Br)c1. The lowest BCUT2D eigenvalue weighted by atomic mass is 10.1. The van der Waals surface area contributed by atoms with Crippen molar-refractivity contribution in [3.63, 3.8) is 0 Å². The predicted molar refractivity (Wildman–Crippen MR) is 98.0 cm³/mol. The maximum Gasteiger partial charge on any atom is 0.260 e. The van der Waals surface area contributed by atoms with Crippen LogP contribution in [0.15, 0.2) is 22.7 Å². The molecule has 134 valence electrons. The molecule has 1 aliphatic heterocycles. The first-order chi connectivity index (χ1) is 11.2. The number of benzene rings is 1. The van der Waals surface area contributed by atoms with Gasteiger partial charge in [-0.3, -0.25) is 4.79 Å². The van der Waals surface area contributed by atoms with E-state index < -0.39 is 9.84 Å². The average Bonchev–Trinajstić information content (AvgIpc) is 2.83. The Hall–Kier alpha value is -1.08. The molecular weight excluding hydrogens is 394 g/mol. The van der Waals surface area contributed by atoms with Crippen molar-refractivity contribution >= 4 is 31.7 Å². The zero-order valence-electron chi connectivity index (χ0n) is 14.3. The lowest BCUT2D eigenvalue weighted by Crippen LogP contribution is -2.45. The number of nitrogens with zero attached hydrogens (tertiary/aromatic N) is 1. The topological polar surface area (TPSA) is 63.7 Å². The van der Waals surface area contributed by atoms with Crippen LogP contribution in [0.2, 0.25) is 0 Å². The zero-order valence-corrected chi connectivity index (χ0v) is 16.7. The third-order valence-electron chi connectivity index (χ3n) is 3.97. The average molecular weight is 418 g/mol. The van der Waals surface area contributed by atoms with Crippen LogP contribution < -0.4 is 4.74 Å². The Bertz CT molecular complexity index is 703. The number of amides is 1. The normalized spacial score (nSPS) is 19.5. The van der Waals surface area contributed by atoms with Gasteiger partial charge >= 0.3 is 0 Å². The van der Waals surface area contributed by atoms with E-state index in [4.69, 9.17) is 4.74 Å². The number of ether oxygens (including phenoxy) is 1. The van der Waals surface area contributed by atoms with Crippen LogP contribution in [0, 0.1) is 12.8 Å². The minimum atomic E-state index is -3.03. The molecule has 1 amide bonds. The molecule has 0 saturated carbocycles. The highest BCUT2D eigenvalue weighted by atomic mass is 79.9. The summed E-state index contributed by atoms with van der Waals surface area (Å²) in [6, 6.07) is 5.42. The number of hydrogen-bond acceptors (Lipinski definition) is 4. The van der Waals surface area contributed by atoms with Gasteiger partial charge in [-0.1, -0.05) is 19.9 Å². The van der Waals surface area contributed by atoms with Crippen LogP contribution in [0.1, 0.15) is 25.8 Å². The summed E-state index contributed by atoms with van der Waals surface area (Å²) < 4.78 is 29.9. The molecule has 1 fully saturated rings. The Balaban J connectivity index is 2.05. The lowest BCUT2D eigenvalue weighted by Gasteiger charge is -2.30. The number of sulfone groups is 1. The highest BCUT2D eigenvalue weighted by Gasteiger charge is 2.34. The predicted octanol–water partition coefficient (Wildman–Crippen LogP) is 2.81. The van der Waals surface area contributed by atoms with E-state index in [0.717, 1.165) is 10.0 Å². The number of carbonyl (C=O) groups is 1. The molecule has 1 aliphatic rings. The fraction of sp³-hybridized carbons (Fsp3) is 0.588. The van der Waals surface area contributed by atoms with Crippen molar-refractivity contribution in [1.29, 1.82) is 0 Å². The van der Waals surface area contributed by atoms with Gasteiger partial charge in [0.25, 0.3) is 5.91 Å². The van der Waals surface area contributed by atoms with Crippen LogP contribution in [0.5, 0.6) is 5.75 Å². The largest absolute Gasteiger partial charge is 0.483 e. The summed E-state index contributed by atoms with van der Waals surface area (Å²) in [5.74, 6) is 0.919. The molecule has 0 aromatic heterocycles. The van der Waals surface area contributed by atoms with E-state index in [1.165, 1.54) is 0 Å². The molecule has 0 bridgehead atoms. The van der Waals surface area contributed by atoms with E-state index in [0.29, 0.717) is 18.7 Å². The van der Waals surface area contributed by atoms with E-state index in [2.05, 4.69) is 15.9 Å². The monoisotopic (exact) mass is 417 g/mol. The molecule has 1 atom stereocenters. The Morgan fingerprint density at radius 1 is 1.42 bits per heavy atom. The molecule has 0 N–H and O–H groups in total. The summed E-state index contributed by atoms with van der Waals surface area (Å²) in [6.07, 6.45) is 0.509. The fourth-order valence-electron chi connectivity index (χ4n) is 2.81. The lowest BCUT2D eigenvalue weighted by molar-refractivity contribution is -0.135. The quantitative estimate of drug-likeness (QED) is 0.713. The van der Waals surface area contributed by atoms with E-state index in [9.17, 15) is 13.2 Å². The molecule has 1 heterocycles. The minimum Gasteiger partial charge on any atom is -0.483 e. The van der Waals surface area contributed by atoms with Crippen molar-refractivity contribution in [3.8, 4) is 5.75 Å². The van der Waals surface area contributed by atoms with Gasteiger partial charge in [0.2, 0.25) is 0 Å². The van der Waals surface area contributed by atoms with Gasteiger partial charge in [0.1, 0.15) is 5.75 Å². The Labute approximate surface area is 152 Å². The van der Waals surface area contributed by atoms with Gasteiger partial charge in [0.05, 0.1) is 16.0 Å². The van der Waals surface area contributed by atoms with Gasteiger partial charge < -0.3 is 9.64 Å². The summed E-state index contributed by atoms with van der Waals surface area (Å²) in [4.78, 5) is 14.3. The molecule has 0 spiro atoms. The van der Waals surface area contributed by atoms with Crippen molar-refractivity contribution in [1.82, 2.24) is 4.90 Å². The van der Waals surface area contributed by atoms with E-state index >= 15 is 0 Å². The molecule has 5 nitrogen and oxygen atoms in total. The maximum atomic E-state index is 12.6. The molecule has 1 aromatic rings. The maximum absolute atomic E-state index is 12.6. The number of carbonyl (C=O) groups excluding carboxylic acids is 1. The van der Waals surface area contributed by atoms with E-state index in [1.54, 1.807) is 4.90 Å². The first kappa shape index (κ1) is 19.2. The van der Waals surface area contributed by atoms with Gasteiger partial charge in [-0.25, -0.2) is 8.42 Å². The number of hydrogen-bond donors (Lipinski definition) is 0. The molecule has 0 radical (unpaired) electrons. The Morgan fingerprint density at radius 2 is 2.12 bits per heavy atom. The van der Waals surface area contributed by atoms with Gasteiger partial charge in [-0.2, -0.15) is 0 Å². The molecule has 7 heteroatoms. The number of halogens is 1.